The molecular weight excluding hydrogens is 346 g/mol. The van der Waals surface area contributed by atoms with Crippen molar-refractivity contribution in [1.82, 2.24) is 9.55 Å². The van der Waals surface area contributed by atoms with Crippen LogP contribution in [0.15, 0.2) is 70.6 Å². The van der Waals surface area contributed by atoms with Crippen molar-refractivity contribution in [2.75, 3.05) is 5.73 Å². The van der Waals surface area contributed by atoms with Crippen molar-refractivity contribution in [3.63, 3.8) is 0 Å². The summed E-state index contributed by atoms with van der Waals surface area (Å²) in [5, 5.41) is 0. The number of halogens is 1. The Kier molecular flexibility index (Phi) is 4.31. The molecule has 3 nitrogen and oxygen atoms in total. The van der Waals surface area contributed by atoms with Gasteiger partial charge < -0.3 is 10.3 Å². The van der Waals surface area contributed by atoms with E-state index in [1.54, 1.807) is 24.3 Å². The molecule has 0 radical (unpaired) electrons. The Morgan fingerprint density at radius 2 is 1.95 bits per heavy atom. The topological polar surface area (TPSA) is 43.8 Å². The van der Waals surface area contributed by atoms with Gasteiger partial charge in [0.2, 0.25) is 0 Å². The molecule has 0 unspecified atom stereocenters. The molecule has 0 fully saturated rings. The van der Waals surface area contributed by atoms with Gasteiger partial charge in [-0.15, -0.1) is 11.8 Å². The van der Waals surface area contributed by atoms with Gasteiger partial charge in [-0.1, -0.05) is 12.1 Å². The van der Waals surface area contributed by atoms with Gasteiger partial charge in [-0.05, 0) is 51.8 Å². The Morgan fingerprint density at radius 1 is 1.14 bits per heavy atom. The number of nitrogens with two attached hydrogens (primary N) is 1. The number of hydrogen-bond donors (Lipinski definition) is 1. The third-order valence-electron chi connectivity index (χ3n) is 3.09. The third kappa shape index (κ3) is 3.49. The fourth-order valence-electron chi connectivity index (χ4n) is 1.97. The van der Waals surface area contributed by atoms with E-state index in [-0.39, 0.29) is 0 Å². The van der Waals surface area contributed by atoms with Crippen molar-refractivity contribution < 1.29 is 0 Å². The SMILES string of the molecule is Nc1ccc(SCc2ccc(-n3ccnc3)cc2)c(Br)c1. The third-order valence-corrected chi connectivity index (χ3v) is 5.15. The van der Waals surface area contributed by atoms with Crippen molar-refractivity contribution in [3.05, 3.63) is 71.2 Å². The summed E-state index contributed by atoms with van der Waals surface area (Å²) in [4.78, 5) is 5.25. The molecule has 0 bridgehead atoms. The molecule has 5 heteroatoms. The second-order valence-corrected chi connectivity index (χ2v) is 6.49. The van der Waals surface area contributed by atoms with Crippen molar-refractivity contribution in [2.24, 2.45) is 0 Å². The Hall–Kier alpha value is -1.72. The minimum atomic E-state index is 0.774. The molecule has 0 saturated heterocycles. The molecule has 3 rings (SSSR count). The van der Waals surface area contributed by atoms with Crippen LogP contribution in [-0.4, -0.2) is 9.55 Å². The lowest BCUT2D eigenvalue weighted by Gasteiger charge is -2.07. The van der Waals surface area contributed by atoms with Crippen LogP contribution < -0.4 is 5.73 Å². The first kappa shape index (κ1) is 14.2. The zero-order valence-corrected chi connectivity index (χ0v) is 13.6. The highest BCUT2D eigenvalue weighted by Gasteiger charge is 2.02. The summed E-state index contributed by atoms with van der Waals surface area (Å²) in [6.45, 7) is 0. The van der Waals surface area contributed by atoms with Crippen molar-refractivity contribution in [2.45, 2.75) is 10.6 Å². The predicted octanol–water partition coefficient (Wildman–Crippen LogP) is 4.51. The number of benzene rings is 2. The molecule has 0 amide bonds. The number of nitrogens with zero attached hydrogens (tertiary/aromatic N) is 2. The highest BCUT2D eigenvalue weighted by Crippen LogP contribution is 2.31. The van der Waals surface area contributed by atoms with Gasteiger partial charge in [0, 0.05) is 38.9 Å². The lowest BCUT2D eigenvalue weighted by molar-refractivity contribution is 1.05. The molecule has 21 heavy (non-hydrogen) atoms. The second-order valence-electron chi connectivity index (χ2n) is 4.61. The van der Waals surface area contributed by atoms with Crippen LogP contribution in [0.3, 0.4) is 0 Å². The summed E-state index contributed by atoms with van der Waals surface area (Å²) < 4.78 is 3.04. The number of thioether (sulfide) groups is 1. The van der Waals surface area contributed by atoms with Gasteiger partial charge in [0.1, 0.15) is 0 Å². The number of imidazole rings is 1. The zero-order chi connectivity index (χ0) is 14.7. The normalized spacial score (nSPS) is 10.7. The Balaban J connectivity index is 1.68. The van der Waals surface area contributed by atoms with E-state index in [0.29, 0.717) is 0 Å². The monoisotopic (exact) mass is 359 g/mol. The maximum Gasteiger partial charge on any atom is 0.0991 e. The molecular formula is C16H14BrN3S. The highest BCUT2D eigenvalue weighted by molar-refractivity contribution is 9.10. The van der Waals surface area contributed by atoms with Crippen LogP contribution in [0.5, 0.6) is 0 Å². The van der Waals surface area contributed by atoms with Crippen LogP contribution in [0, 0.1) is 0 Å². The molecule has 1 heterocycles. The molecule has 0 aliphatic rings. The summed E-state index contributed by atoms with van der Waals surface area (Å²) in [5.41, 5.74) is 8.93. The van der Waals surface area contributed by atoms with Gasteiger partial charge in [-0.3, -0.25) is 0 Å². The molecule has 2 N–H and O–H groups in total. The average Bonchev–Trinajstić information content (AvgIpc) is 3.01. The minimum absolute atomic E-state index is 0.774. The van der Waals surface area contributed by atoms with E-state index in [9.17, 15) is 0 Å². The number of hydrogen-bond acceptors (Lipinski definition) is 3. The molecule has 2 aromatic carbocycles. The number of aromatic nitrogens is 2. The number of rotatable bonds is 4. The smallest absolute Gasteiger partial charge is 0.0991 e. The molecule has 0 saturated carbocycles. The molecule has 0 spiro atoms. The number of nitrogen functional groups attached to an aromatic ring is 1. The van der Waals surface area contributed by atoms with Gasteiger partial charge in [0.05, 0.1) is 6.33 Å². The summed E-state index contributed by atoms with van der Waals surface area (Å²) in [5.74, 6) is 0.923. The van der Waals surface area contributed by atoms with E-state index in [1.165, 1.54) is 10.5 Å². The van der Waals surface area contributed by atoms with Gasteiger partial charge in [-0.2, -0.15) is 0 Å². The highest BCUT2D eigenvalue weighted by atomic mass is 79.9. The maximum absolute atomic E-state index is 5.75. The fraction of sp³-hybridized carbons (Fsp3) is 0.0625. The predicted molar refractivity (Wildman–Crippen MR) is 91.7 cm³/mol. The van der Waals surface area contributed by atoms with E-state index >= 15 is 0 Å². The largest absolute Gasteiger partial charge is 0.399 e. The van der Waals surface area contributed by atoms with Gasteiger partial charge in [0.25, 0.3) is 0 Å². The summed E-state index contributed by atoms with van der Waals surface area (Å²) >= 11 is 5.34. The van der Waals surface area contributed by atoms with Gasteiger partial charge in [-0.25, -0.2) is 4.98 Å². The summed E-state index contributed by atoms with van der Waals surface area (Å²) in [6, 6.07) is 14.4. The molecule has 3 aromatic rings. The van der Waals surface area contributed by atoms with E-state index in [4.69, 9.17) is 5.73 Å². The lowest BCUT2D eigenvalue weighted by Crippen LogP contribution is -1.90. The van der Waals surface area contributed by atoms with Crippen molar-refractivity contribution in [1.29, 1.82) is 0 Å². The number of anilines is 1. The minimum Gasteiger partial charge on any atom is -0.399 e. The van der Waals surface area contributed by atoms with Crippen LogP contribution in [0.1, 0.15) is 5.56 Å². The zero-order valence-electron chi connectivity index (χ0n) is 11.2. The first-order valence-electron chi connectivity index (χ1n) is 6.47. The van der Waals surface area contributed by atoms with Crippen LogP contribution in [-0.2, 0) is 5.75 Å². The quantitative estimate of drug-likeness (QED) is 0.550. The standard InChI is InChI=1S/C16H14BrN3S/c17-15-9-13(18)3-6-16(15)21-10-12-1-4-14(5-2-12)20-8-7-19-11-20/h1-9,11H,10,18H2. The van der Waals surface area contributed by atoms with E-state index in [0.717, 1.165) is 21.6 Å². The van der Waals surface area contributed by atoms with Crippen molar-refractivity contribution in [3.8, 4) is 5.69 Å². The first-order chi connectivity index (χ1) is 10.2. The summed E-state index contributed by atoms with van der Waals surface area (Å²) in [6.07, 6.45) is 5.52. The maximum atomic E-state index is 5.75. The van der Waals surface area contributed by atoms with E-state index in [2.05, 4.69) is 45.2 Å². The first-order valence-corrected chi connectivity index (χ1v) is 8.25. The molecule has 0 atom stereocenters. The Morgan fingerprint density at radius 3 is 2.62 bits per heavy atom. The Bertz CT molecular complexity index is 724. The van der Waals surface area contributed by atoms with Crippen LogP contribution in [0.2, 0.25) is 0 Å². The van der Waals surface area contributed by atoms with Crippen LogP contribution in [0.4, 0.5) is 5.69 Å². The second kappa shape index (κ2) is 6.37. The van der Waals surface area contributed by atoms with Gasteiger partial charge >= 0.3 is 0 Å². The Labute approximate surface area is 136 Å². The van der Waals surface area contributed by atoms with Crippen LogP contribution >= 0.6 is 27.7 Å². The lowest BCUT2D eigenvalue weighted by atomic mass is 10.2. The van der Waals surface area contributed by atoms with E-state index in [1.807, 2.05) is 29.0 Å². The molecule has 0 aliphatic heterocycles. The molecule has 106 valence electrons. The van der Waals surface area contributed by atoms with Crippen LogP contribution in [0.25, 0.3) is 5.69 Å². The van der Waals surface area contributed by atoms with E-state index < -0.39 is 0 Å². The summed E-state index contributed by atoms with van der Waals surface area (Å²) in [7, 11) is 0. The fourth-order valence-corrected chi connectivity index (χ4v) is 3.59. The average molecular weight is 360 g/mol. The van der Waals surface area contributed by atoms with Crippen molar-refractivity contribution >= 4 is 33.4 Å². The molecule has 0 aliphatic carbocycles. The van der Waals surface area contributed by atoms with Gasteiger partial charge in [0.15, 0.2) is 0 Å². The molecule has 1 aromatic heterocycles.